The van der Waals surface area contributed by atoms with E-state index in [1.807, 2.05) is 0 Å². The van der Waals surface area contributed by atoms with Crippen molar-refractivity contribution in [2.45, 2.75) is 44.1 Å². The zero-order chi connectivity index (χ0) is 14.6. The summed E-state index contributed by atoms with van der Waals surface area (Å²) in [6, 6.07) is 4.77. The third-order valence-electron chi connectivity index (χ3n) is 3.81. The van der Waals surface area contributed by atoms with Gasteiger partial charge in [0, 0.05) is 6.54 Å². The number of nitrogens with one attached hydrogen (secondary N) is 1. The first kappa shape index (κ1) is 15.1. The number of hydrogen-bond acceptors (Lipinski definition) is 4. The van der Waals surface area contributed by atoms with Crippen LogP contribution in [-0.2, 0) is 0 Å². The Kier molecular flexibility index (Phi) is 4.83. The van der Waals surface area contributed by atoms with Crippen LogP contribution in [0.25, 0.3) is 0 Å². The van der Waals surface area contributed by atoms with E-state index in [1.165, 1.54) is 6.07 Å². The van der Waals surface area contributed by atoms with Gasteiger partial charge in [-0.05, 0) is 25.0 Å². The molecule has 5 nitrogen and oxygen atoms in total. The van der Waals surface area contributed by atoms with Crippen LogP contribution in [0.3, 0.4) is 0 Å². The first-order chi connectivity index (χ1) is 9.52. The number of nitro groups is 1. The number of benzene rings is 1. The Bertz CT molecular complexity index is 485. The van der Waals surface area contributed by atoms with Gasteiger partial charge in [0.2, 0.25) is 0 Å². The second-order valence-electron chi connectivity index (χ2n) is 5.39. The van der Waals surface area contributed by atoms with Crippen molar-refractivity contribution in [1.29, 1.82) is 0 Å². The minimum Gasteiger partial charge on any atom is -0.388 e. The topological polar surface area (TPSA) is 75.4 Å². The summed E-state index contributed by atoms with van der Waals surface area (Å²) in [6.07, 6.45) is 5.73. The van der Waals surface area contributed by atoms with Gasteiger partial charge in [-0.3, -0.25) is 10.1 Å². The number of para-hydroxylation sites is 1. The monoisotopic (exact) mass is 298 g/mol. The van der Waals surface area contributed by atoms with Crippen LogP contribution in [0.5, 0.6) is 0 Å². The Morgan fingerprint density at radius 2 is 1.95 bits per heavy atom. The molecule has 0 aliphatic heterocycles. The molecule has 20 heavy (non-hydrogen) atoms. The summed E-state index contributed by atoms with van der Waals surface area (Å²) in [6.45, 7) is 0.314. The Morgan fingerprint density at radius 3 is 2.55 bits per heavy atom. The zero-order valence-corrected chi connectivity index (χ0v) is 12.0. The van der Waals surface area contributed by atoms with Gasteiger partial charge in [-0.15, -0.1) is 0 Å². The van der Waals surface area contributed by atoms with Crippen molar-refractivity contribution in [2.24, 2.45) is 0 Å². The van der Waals surface area contributed by atoms with Gasteiger partial charge in [-0.1, -0.05) is 43.4 Å². The predicted octanol–water partition coefficient (Wildman–Crippen LogP) is 3.75. The second-order valence-corrected chi connectivity index (χ2v) is 5.79. The van der Waals surface area contributed by atoms with Crippen LogP contribution < -0.4 is 5.32 Å². The van der Waals surface area contributed by atoms with Gasteiger partial charge in [0.05, 0.1) is 10.5 Å². The van der Waals surface area contributed by atoms with E-state index in [0.29, 0.717) is 12.2 Å². The van der Waals surface area contributed by atoms with Crippen LogP contribution in [0, 0.1) is 10.1 Å². The van der Waals surface area contributed by atoms with Crippen molar-refractivity contribution in [1.82, 2.24) is 0 Å². The fourth-order valence-electron chi connectivity index (χ4n) is 2.67. The average Bonchev–Trinajstić information content (AvgIpc) is 2.61. The highest BCUT2D eigenvalue weighted by Gasteiger charge is 2.29. The minimum absolute atomic E-state index is 0.104. The van der Waals surface area contributed by atoms with Crippen molar-refractivity contribution >= 4 is 23.0 Å². The fraction of sp³-hybridized carbons (Fsp3) is 0.571. The van der Waals surface area contributed by atoms with Crippen molar-refractivity contribution in [3.8, 4) is 0 Å². The van der Waals surface area contributed by atoms with Gasteiger partial charge >= 0.3 is 5.69 Å². The van der Waals surface area contributed by atoms with E-state index < -0.39 is 10.5 Å². The molecule has 0 bridgehead atoms. The van der Waals surface area contributed by atoms with Crippen LogP contribution in [-0.4, -0.2) is 22.2 Å². The van der Waals surface area contributed by atoms with Crippen molar-refractivity contribution < 1.29 is 10.0 Å². The van der Waals surface area contributed by atoms with Crippen molar-refractivity contribution in [2.75, 3.05) is 11.9 Å². The number of halogens is 1. The van der Waals surface area contributed by atoms with Gasteiger partial charge in [-0.25, -0.2) is 0 Å². The van der Waals surface area contributed by atoms with Crippen LogP contribution in [0.4, 0.5) is 11.4 Å². The number of nitro benzene ring substituents is 1. The molecule has 0 radical (unpaired) electrons. The standard InChI is InChI=1S/C14H19ClN2O3/c15-11-6-5-7-12(13(11)17(19)20)16-10-14(18)8-3-1-2-4-9-14/h5-7,16,18H,1-4,8-10H2. The van der Waals surface area contributed by atoms with Crippen LogP contribution in [0.15, 0.2) is 18.2 Å². The van der Waals surface area contributed by atoms with Gasteiger partial charge in [0.1, 0.15) is 10.7 Å². The molecular formula is C14H19ClN2O3. The van der Waals surface area contributed by atoms with Gasteiger partial charge < -0.3 is 10.4 Å². The number of rotatable bonds is 4. The van der Waals surface area contributed by atoms with E-state index >= 15 is 0 Å². The fourth-order valence-corrected chi connectivity index (χ4v) is 2.91. The Labute approximate surface area is 123 Å². The Balaban J connectivity index is 2.10. The maximum absolute atomic E-state index is 11.0. The predicted molar refractivity (Wildman–Crippen MR) is 79.2 cm³/mol. The number of hydrogen-bond donors (Lipinski definition) is 2. The lowest BCUT2D eigenvalue weighted by Gasteiger charge is -2.27. The molecule has 1 aliphatic carbocycles. The molecule has 1 saturated carbocycles. The molecule has 2 rings (SSSR count). The molecule has 2 N–H and O–H groups in total. The molecule has 0 heterocycles. The lowest BCUT2D eigenvalue weighted by Crippen LogP contribution is -2.36. The van der Waals surface area contributed by atoms with E-state index in [4.69, 9.17) is 11.6 Å². The molecule has 6 heteroatoms. The summed E-state index contributed by atoms with van der Waals surface area (Å²) < 4.78 is 0. The van der Waals surface area contributed by atoms with Crippen molar-refractivity contribution in [3.63, 3.8) is 0 Å². The van der Waals surface area contributed by atoms with E-state index in [2.05, 4.69) is 5.32 Å². The summed E-state index contributed by atoms with van der Waals surface area (Å²) in [7, 11) is 0. The maximum atomic E-state index is 11.0. The summed E-state index contributed by atoms with van der Waals surface area (Å²) in [5.41, 5.74) is -0.557. The van der Waals surface area contributed by atoms with E-state index in [9.17, 15) is 15.2 Å². The molecule has 0 atom stereocenters. The largest absolute Gasteiger partial charge is 0.388 e. The first-order valence-electron chi connectivity index (χ1n) is 6.91. The highest BCUT2D eigenvalue weighted by Crippen LogP contribution is 2.33. The molecule has 1 aliphatic rings. The van der Waals surface area contributed by atoms with Crippen LogP contribution >= 0.6 is 11.6 Å². The smallest absolute Gasteiger partial charge is 0.310 e. The zero-order valence-electron chi connectivity index (χ0n) is 11.3. The van der Waals surface area contributed by atoms with Gasteiger partial charge in [0.25, 0.3) is 0 Å². The van der Waals surface area contributed by atoms with E-state index in [0.717, 1.165) is 38.5 Å². The summed E-state index contributed by atoms with van der Waals surface area (Å²) in [5, 5.41) is 24.7. The highest BCUT2D eigenvalue weighted by atomic mass is 35.5. The van der Waals surface area contributed by atoms with Gasteiger partial charge in [0.15, 0.2) is 0 Å². The molecule has 0 spiro atoms. The molecule has 1 aromatic carbocycles. The molecule has 0 saturated heterocycles. The second kappa shape index (κ2) is 6.41. The third-order valence-corrected chi connectivity index (χ3v) is 4.12. The van der Waals surface area contributed by atoms with Gasteiger partial charge in [-0.2, -0.15) is 0 Å². The number of nitrogens with zero attached hydrogens (tertiary/aromatic N) is 1. The summed E-state index contributed by atoms with van der Waals surface area (Å²) in [4.78, 5) is 10.5. The lowest BCUT2D eigenvalue weighted by molar-refractivity contribution is -0.383. The summed E-state index contributed by atoms with van der Waals surface area (Å²) in [5.74, 6) is 0. The Morgan fingerprint density at radius 1 is 1.30 bits per heavy atom. The Hall–Kier alpha value is -1.33. The normalized spacial score (nSPS) is 18.3. The molecular weight excluding hydrogens is 280 g/mol. The highest BCUT2D eigenvalue weighted by molar-refractivity contribution is 6.33. The summed E-state index contributed by atoms with van der Waals surface area (Å²) >= 11 is 5.86. The first-order valence-corrected chi connectivity index (χ1v) is 7.29. The van der Waals surface area contributed by atoms with Crippen LogP contribution in [0.2, 0.25) is 5.02 Å². The molecule has 1 aromatic rings. The molecule has 1 fully saturated rings. The lowest BCUT2D eigenvalue weighted by atomic mass is 9.94. The van der Waals surface area contributed by atoms with E-state index in [1.54, 1.807) is 12.1 Å². The average molecular weight is 299 g/mol. The number of aliphatic hydroxyl groups is 1. The van der Waals surface area contributed by atoms with Crippen molar-refractivity contribution in [3.05, 3.63) is 33.3 Å². The SMILES string of the molecule is O=[N+]([O-])c1c(Cl)cccc1NCC1(O)CCCCCC1. The molecule has 0 unspecified atom stereocenters. The minimum atomic E-state index is -0.785. The molecule has 0 amide bonds. The molecule has 0 aromatic heterocycles. The van der Waals surface area contributed by atoms with Crippen LogP contribution in [0.1, 0.15) is 38.5 Å². The maximum Gasteiger partial charge on any atom is 0.310 e. The number of anilines is 1. The molecule has 110 valence electrons. The van der Waals surface area contributed by atoms with E-state index in [-0.39, 0.29) is 10.7 Å². The third kappa shape index (κ3) is 3.61. The quantitative estimate of drug-likeness (QED) is 0.504.